The lowest BCUT2D eigenvalue weighted by Gasteiger charge is -2.27. The molecule has 7 heteroatoms. The molecule has 1 fully saturated rings. The van der Waals surface area contributed by atoms with Crippen molar-refractivity contribution in [2.75, 3.05) is 39.1 Å². The summed E-state index contributed by atoms with van der Waals surface area (Å²) in [5.74, 6) is 1.37. The predicted octanol–water partition coefficient (Wildman–Crippen LogP) is 3.78. The molecule has 0 aromatic heterocycles. The van der Waals surface area contributed by atoms with Gasteiger partial charge >= 0.3 is 0 Å². The number of morpholine rings is 1. The molecule has 0 unspecified atom stereocenters. The first-order valence-electron chi connectivity index (χ1n) is 10.8. The lowest BCUT2D eigenvalue weighted by atomic mass is 10.1. The second-order valence-electron chi connectivity index (χ2n) is 7.55. The van der Waals surface area contributed by atoms with Crippen LogP contribution in [0.5, 0.6) is 0 Å². The van der Waals surface area contributed by atoms with Crippen molar-refractivity contribution in [3.63, 3.8) is 0 Å². The zero-order valence-corrected chi connectivity index (χ0v) is 19.3. The van der Waals surface area contributed by atoms with Crippen molar-refractivity contribution < 1.29 is 9.13 Å². The Labute approximate surface area is 189 Å². The summed E-state index contributed by atoms with van der Waals surface area (Å²) >= 11 is 1.69. The molecule has 3 rings (SSSR count). The average Bonchev–Trinajstić information content (AvgIpc) is 2.78. The first-order chi connectivity index (χ1) is 15.2. The highest BCUT2D eigenvalue weighted by molar-refractivity contribution is 7.97. The highest BCUT2D eigenvalue weighted by Gasteiger charge is 2.13. The molecule has 1 aliphatic heterocycles. The summed E-state index contributed by atoms with van der Waals surface area (Å²) in [7, 11) is 0. The summed E-state index contributed by atoms with van der Waals surface area (Å²) in [6.45, 7) is 8.52. The van der Waals surface area contributed by atoms with Crippen LogP contribution >= 0.6 is 11.8 Å². The van der Waals surface area contributed by atoms with Gasteiger partial charge < -0.3 is 15.4 Å². The first-order valence-corrected chi connectivity index (χ1v) is 12.2. The van der Waals surface area contributed by atoms with E-state index in [4.69, 9.17) is 9.73 Å². The minimum Gasteiger partial charge on any atom is -0.379 e. The van der Waals surface area contributed by atoms with E-state index in [1.54, 1.807) is 17.8 Å². The first kappa shape index (κ1) is 23.6. The van der Waals surface area contributed by atoms with Gasteiger partial charge in [-0.15, -0.1) is 0 Å². The number of ether oxygens (including phenoxy) is 1. The molecule has 0 saturated carbocycles. The normalized spacial score (nSPS) is 15.1. The number of nitrogens with one attached hydrogen (secondary N) is 2. The minimum absolute atomic E-state index is 0.190. The molecule has 0 atom stereocenters. The number of hydrogen-bond donors (Lipinski definition) is 2. The van der Waals surface area contributed by atoms with Crippen LogP contribution in [0.2, 0.25) is 0 Å². The van der Waals surface area contributed by atoms with Crippen LogP contribution in [0.1, 0.15) is 29.2 Å². The van der Waals surface area contributed by atoms with Crippen molar-refractivity contribution in [3.8, 4) is 0 Å². The quantitative estimate of drug-likeness (QED) is 0.455. The molecule has 168 valence electrons. The Morgan fingerprint density at radius 3 is 2.58 bits per heavy atom. The number of halogens is 1. The van der Waals surface area contributed by atoms with Crippen LogP contribution in [0.3, 0.4) is 0 Å². The number of thioether (sulfide) groups is 1. The summed E-state index contributed by atoms with van der Waals surface area (Å²) in [6.07, 6.45) is 2.03. The summed E-state index contributed by atoms with van der Waals surface area (Å²) in [5, 5.41) is 6.73. The van der Waals surface area contributed by atoms with Crippen molar-refractivity contribution in [1.82, 2.24) is 15.5 Å². The maximum Gasteiger partial charge on any atom is 0.191 e. The highest BCUT2D eigenvalue weighted by Crippen LogP contribution is 2.17. The van der Waals surface area contributed by atoms with E-state index >= 15 is 0 Å². The van der Waals surface area contributed by atoms with Gasteiger partial charge in [-0.2, -0.15) is 11.8 Å². The van der Waals surface area contributed by atoms with E-state index < -0.39 is 0 Å². The summed E-state index contributed by atoms with van der Waals surface area (Å²) in [5.41, 5.74) is 4.65. The van der Waals surface area contributed by atoms with Crippen LogP contribution in [-0.4, -0.2) is 50.0 Å². The Balaban J connectivity index is 1.66. The fraction of sp³-hybridized carbons (Fsp3) is 0.458. The van der Waals surface area contributed by atoms with Crippen LogP contribution in [0.15, 0.2) is 47.5 Å². The molecule has 0 radical (unpaired) electrons. The van der Waals surface area contributed by atoms with Gasteiger partial charge in [-0.05, 0) is 47.6 Å². The molecule has 2 aromatic rings. The molecule has 0 bridgehead atoms. The topological polar surface area (TPSA) is 48.9 Å². The van der Waals surface area contributed by atoms with Crippen LogP contribution in [0.25, 0.3) is 0 Å². The van der Waals surface area contributed by atoms with Gasteiger partial charge in [0.15, 0.2) is 5.96 Å². The third kappa shape index (κ3) is 7.52. The molecule has 2 aromatic carbocycles. The van der Waals surface area contributed by atoms with Crippen molar-refractivity contribution in [1.29, 1.82) is 0 Å². The zero-order valence-electron chi connectivity index (χ0n) is 18.5. The van der Waals surface area contributed by atoms with E-state index in [1.807, 2.05) is 12.3 Å². The van der Waals surface area contributed by atoms with E-state index in [0.717, 1.165) is 62.2 Å². The van der Waals surface area contributed by atoms with E-state index in [1.165, 1.54) is 17.2 Å². The molecule has 1 heterocycles. The molecule has 31 heavy (non-hydrogen) atoms. The van der Waals surface area contributed by atoms with E-state index in [9.17, 15) is 4.39 Å². The van der Waals surface area contributed by atoms with Crippen LogP contribution in [0.4, 0.5) is 4.39 Å². The molecule has 0 amide bonds. The summed E-state index contributed by atoms with van der Waals surface area (Å²) in [6, 6.07) is 13.5. The summed E-state index contributed by atoms with van der Waals surface area (Å²) < 4.78 is 19.1. The number of rotatable bonds is 9. The van der Waals surface area contributed by atoms with E-state index in [0.29, 0.717) is 13.1 Å². The zero-order chi connectivity index (χ0) is 21.9. The number of aliphatic imine (C=N–C) groups is 1. The van der Waals surface area contributed by atoms with Crippen LogP contribution < -0.4 is 10.6 Å². The van der Waals surface area contributed by atoms with Gasteiger partial charge in [0.05, 0.1) is 19.8 Å². The second kappa shape index (κ2) is 12.7. The molecular formula is C24H33FN4OS. The minimum atomic E-state index is -0.190. The predicted molar refractivity (Wildman–Crippen MR) is 128 cm³/mol. The highest BCUT2D eigenvalue weighted by atomic mass is 32.2. The second-order valence-corrected chi connectivity index (χ2v) is 8.42. The van der Waals surface area contributed by atoms with Gasteiger partial charge in [0.1, 0.15) is 5.82 Å². The molecule has 1 aliphatic rings. The lowest BCUT2D eigenvalue weighted by molar-refractivity contribution is 0.0341. The average molecular weight is 445 g/mol. The summed E-state index contributed by atoms with van der Waals surface area (Å²) in [4.78, 5) is 7.25. The van der Waals surface area contributed by atoms with Crippen LogP contribution in [-0.2, 0) is 30.1 Å². The smallest absolute Gasteiger partial charge is 0.191 e. The van der Waals surface area contributed by atoms with Gasteiger partial charge in [-0.25, -0.2) is 9.38 Å². The molecule has 0 aliphatic carbocycles. The van der Waals surface area contributed by atoms with Gasteiger partial charge in [0.25, 0.3) is 0 Å². The van der Waals surface area contributed by atoms with E-state index in [-0.39, 0.29) is 5.82 Å². The van der Waals surface area contributed by atoms with Crippen LogP contribution in [0, 0.1) is 5.82 Å². The standard InChI is InChI=1S/C24H33FN4OS/c1-3-26-24(28-16-20-8-9-23(25)14-22(20)18-31-2)27-15-19-6-4-5-7-21(19)17-29-10-12-30-13-11-29/h4-9,14H,3,10-13,15-18H2,1-2H3,(H2,26,27,28). The van der Waals surface area contributed by atoms with Gasteiger partial charge in [0, 0.05) is 38.5 Å². The fourth-order valence-corrected chi connectivity index (χ4v) is 4.19. The van der Waals surface area contributed by atoms with Gasteiger partial charge in [0.2, 0.25) is 0 Å². The Kier molecular flexibility index (Phi) is 9.65. The largest absolute Gasteiger partial charge is 0.379 e. The van der Waals surface area contributed by atoms with Gasteiger partial charge in [-0.1, -0.05) is 30.3 Å². The molecule has 0 spiro atoms. The van der Waals surface area contributed by atoms with E-state index in [2.05, 4.69) is 46.7 Å². The maximum atomic E-state index is 13.6. The Morgan fingerprint density at radius 2 is 1.84 bits per heavy atom. The molecule has 1 saturated heterocycles. The Hall–Kier alpha value is -2.09. The number of nitrogens with zero attached hydrogens (tertiary/aromatic N) is 2. The Bertz CT molecular complexity index is 855. The van der Waals surface area contributed by atoms with Gasteiger partial charge in [-0.3, -0.25) is 4.90 Å². The van der Waals surface area contributed by atoms with Crippen molar-refractivity contribution >= 4 is 17.7 Å². The lowest BCUT2D eigenvalue weighted by Crippen LogP contribution is -2.37. The van der Waals surface area contributed by atoms with Crippen molar-refractivity contribution in [3.05, 3.63) is 70.5 Å². The number of benzene rings is 2. The molecule has 2 N–H and O–H groups in total. The molecule has 5 nitrogen and oxygen atoms in total. The maximum absolute atomic E-state index is 13.6. The monoisotopic (exact) mass is 444 g/mol. The Morgan fingerprint density at radius 1 is 1.06 bits per heavy atom. The third-order valence-corrected chi connectivity index (χ3v) is 5.88. The molecular weight excluding hydrogens is 411 g/mol. The SMILES string of the molecule is CCNC(=NCc1ccccc1CN1CCOCC1)NCc1ccc(F)cc1CSC. The number of hydrogen-bond acceptors (Lipinski definition) is 4. The third-order valence-electron chi connectivity index (χ3n) is 5.28. The number of guanidine groups is 1. The van der Waals surface area contributed by atoms with Crippen molar-refractivity contribution in [2.24, 2.45) is 4.99 Å². The fourth-order valence-electron chi connectivity index (χ4n) is 3.61. The van der Waals surface area contributed by atoms with Crippen molar-refractivity contribution in [2.45, 2.75) is 32.3 Å².